The molecule has 1 atom stereocenters. The Kier molecular flexibility index (Phi) is 4.73. The first-order chi connectivity index (χ1) is 7.63. The Balaban J connectivity index is 2.30. The molecule has 0 aliphatic carbocycles. The third kappa shape index (κ3) is 3.87. The van der Waals surface area contributed by atoms with Crippen molar-refractivity contribution in [3.8, 4) is 6.07 Å². The number of nitriles is 1. The van der Waals surface area contributed by atoms with Crippen LogP contribution in [0.15, 0.2) is 0 Å². The van der Waals surface area contributed by atoms with Gasteiger partial charge in [-0.05, 0) is 6.42 Å². The Bertz CT molecular complexity index is 310. The van der Waals surface area contributed by atoms with Crippen LogP contribution in [-0.4, -0.2) is 47.7 Å². The van der Waals surface area contributed by atoms with E-state index in [4.69, 9.17) is 15.1 Å². The quantitative estimate of drug-likeness (QED) is 0.728. The van der Waals surface area contributed by atoms with Crippen molar-refractivity contribution in [2.45, 2.75) is 25.4 Å². The SMILES string of the molecule is N#CC1CN(C(=O)CCCC(=O)O)CCO1. The molecule has 1 heterocycles. The van der Waals surface area contributed by atoms with Crippen molar-refractivity contribution in [2.24, 2.45) is 0 Å². The fourth-order valence-corrected chi connectivity index (χ4v) is 1.50. The van der Waals surface area contributed by atoms with Crippen molar-refractivity contribution in [3.05, 3.63) is 0 Å². The molecule has 0 spiro atoms. The van der Waals surface area contributed by atoms with Gasteiger partial charge in [0.25, 0.3) is 0 Å². The van der Waals surface area contributed by atoms with Crippen molar-refractivity contribution in [3.63, 3.8) is 0 Å². The first-order valence-corrected chi connectivity index (χ1v) is 5.14. The van der Waals surface area contributed by atoms with Crippen LogP contribution < -0.4 is 0 Å². The molecule has 0 aromatic rings. The number of carboxylic acid groups (broad SMARTS) is 1. The van der Waals surface area contributed by atoms with Crippen molar-refractivity contribution in [1.29, 1.82) is 5.26 Å². The van der Waals surface area contributed by atoms with E-state index in [2.05, 4.69) is 0 Å². The van der Waals surface area contributed by atoms with Gasteiger partial charge < -0.3 is 14.7 Å². The van der Waals surface area contributed by atoms with Gasteiger partial charge in [0.15, 0.2) is 6.10 Å². The predicted octanol–water partition coefficient (Wildman–Crippen LogP) is -0.00772. The van der Waals surface area contributed by atoms with Crippen LogP contribution in [0.2, 0.25) is 0 Å². The Morgan fingerprint density at radius 1 is 1.50 bits per heavy atom. The second-order valence-electron chi connectivity index (χ2n) is 3.58. The summed E-state index contributed by atoms with van der Waals surface area (Å²) in [6, 6.07) is 1.95. The minimum Gasteiger partial charge on any atom is -0.481 e. The molecule has 1 aliphatic heterocycles. The van der Waals surface area contributed by atoms with Crippen LogP contribution in [0, 0.1) is 11.3 Å². The lowest BCUT2D eigenvalue weighted by Gasteiger charge is -2.29. The number of ether oxygens (including phenoxy) is 1. The topological polar surface area (TPSA) is 90.6 Å². The average Bonchev–Trinajstić information content (AvgIpc) is 2.28. The molecule has 1 saturated heterocycles. The number of amides is 1. The van der Waals surface area contributed by atoms with Crippen LogP contribution in [0.25, 0.3) is 0 Å². The lowest BCUT2D eigenvalue weighted by molar-refractivity contribution is -0.138. The van der Waals surface area contributed by atoms with Gasteiger partial charge in [-0.1, -0.05) is 0 Å². The number of carbonyl (C=O) groups is 2. The van der Waals surface area contributed by atoms with Gasteiger partial charge in [0.1, 0.15) is 0 Å². The van der Waals surface area contributed by atoms with Crippen LogP contribution in [0.1, 0.15) is 19.3 Å². The molecule has 1 N–H and O–H groups in total. The molecule has 1 rings (SSSR count). The van der Waals surface area contributed by atoms with E-state index < -0.39 is 12.1 Å². The van der Waals surface area contributed by atoms with Crippen LogP contribution in [0.3, 0.4) is 0 Å². The molecule has 0 aromatic carbocycles. The van der Waals surface area contributed by atoms with E-state index in [1.54, 1.807) is 4.90 Å². The van der Waals surface area contributed by atoms with E-state index in [-0.39, 0.29) is 25.3 Å². The minimum atomic E-state index is -0.898. The van der Waals surface area contributed by atoms with Gasteiger partial charge in [-0.15, -0.1) is 0 Å². The summed E-state index contributed by atoms with van der Waals surface area (Å²) < 4.78 is 5.10. The molecule has 88 valence electrons. The van der Waals surface area contributed by atoms with Crippen LogP contribution in [0.5, 0.6) is 0 Å². The largest absolute Gasteiger partial charge is 0.481 e. The molecule has 1 unspecified atom stereocenters. The Labute approximate surface area is 93.4 Å². The summed E-state index contributed by atoms with van der Waals surface area (Å²) in [4.78, 5) is 23.4. The molecular weight excluding hydrogens is 212 g/mol. The molecule has 6 nitrogen and oxygen atoms in total. The third-order valence-electron chi connectivity index (χ3n) is 2.34. The zero-order valence-electron chi connectivity index (χ0n) is 8.89. The molecule has 1 aliphatic rings. The zero-order valence-corrected chi connectivity index (χ0v) is 8.89. The van der Waals surface area contributed by atoms with Crippen molar-refractivity contribution >= 4 is 11.9 Å². The summed E-state index contributed by atoms with van der Waals surface area (Å²) in [5.74, 6) is -1.01. The molecule has 16 heavy (non-hydrogen) atoms. The van der Waals surface area contributed by atoms with Crippen molar-refractivity contribution < 1.29 is 19.4 Å². The minimum absolute atomic E-state index is 0.00222. The molecule has 0 radical (unpaired) electrons. The summed E-state index contributed by atoms with van der Waals surface area (Å²) in [5.41, 5.74) is 0. The standard InChI is InChI=1S/C10H14N2O4/c11-6-8-7-12(4-5-16-8)9(13)2-1-3-10(14)15/h8H,1-5,7H2,(H,14,15). The smallest absolute Gasteiger partial charge is 0.303 e. The van der Waals surface area contributed by atoms with E-state index >= 15 is 0 Å². The summed E-state index contributed by atoms with van der Waals surface area (Å²) in [6.45, 7) is 1.12. The van der Waals surface area contributed by atoms with Gasteiger partial charge in [-0.3, -0.25) is 9.59 Å². The highest BCUT2D eigenvalue weighted by molar-refractivity contribution is 5.77. The predicted molar refractivity (Wildman–Crippen MR) is 53.4 cm³/mol. The molecule has 6 heteroatoms. The lowest BCUT2D eigenvalue weighted by atomic mass is 10.2. The van der Waals surface area contributed by atoms with Gasteiger partial charge in [-0.2, -0.15) is 5.26 Å². The molecule has 0 bridgehead atoms. The second kappa shape index (κ2) is 6.08. The molecule has 0 saturated carbocycles. The number of morpholine rings is 1. The summed E-state index contributed by atoms with van der Waals surface area (Å²) in [7, 11) is 0. The molecule has 0 aromatic heterocycles. The Hall–Kier alpha value is -1.61. The second-order valence-corrected chi connectivity index (χ2v) is 3.58. The molecule has 1 amide bonds. The highest BCUT2D eigenvalue weighted by Crippen LogP contribution is 2.08. The number of hydrogen-bond acceptors (Lipinski definition) is 4. The number of rotatable bonds is 4. The fraction of sp³-hybridized carbons (Fsp3) is 0.700. The zero-order chi connectivity index (χ0) is 12.0. The average molecular weight is 226 g/mol. The number of hydrogen-bond donors (Lipinski definition) is 1. The third-order valence-corrected chi connectivity index (χ3v) is 2.34. The Morgan fingerprint density at radius 3 is 2.88 bits per heavy atom. The Morgan fingerprint density at radius 2 is 2.25 bits per heavy atom. The van der Waals surface area contributed by atoms with Crippen LogP contribution in [-0.2, 0) is 14.3 Å². The maximum atomic E-state index is 11.6. The summed E-state index contributed by atoms with van der Waals surface area (Å²) in [5, 5.41) is 17.1. The fourth-order valence-electron chi connectivity index (χ4n) is 1.50. The van der Waals surface area contributed by atoms with Crippen molar-refractivity contribution in [2.75, 3.05) is 19.7 Å². The van der Waals surface area contributed by atoms with Gasteiger partial charge >= 0.3 is 5.97 Å². The molecule has 1 fully saturated rings. The van der Waals surface area contributed by atoms with Gasteiger partial charge in [-0.25, -0.2) is 0 Å². The number of carboxylic acids is 1. The first-order valence-electron chi connectivity index (χ1n) is 5.14. The highest BCUT2D eigenvalue weighted by atomic mass is 16.5. The van der Waals surface area contributed by atoms with E-state index in [9.17, 15) is 9.59 Å². The van der Waals surface area contributed by atoms with E-state index in [0.717, 1.165) is 0 Å². The lowest BCUT2D eigenvalue weighted by Crippen LogP contribution is -2.45. The van der Waals surface area contributed by atoms with E-state index in [1.165, 1.54) is 0 Å². The van der Waals surface area contributed by atoms with Gasteiger partial charge in [0.05, 0.1) is 19.2 Å². The highest BCUT2D eigenvalue weighted by Gasteiger charge is 2.23. The monoisotopic (exact) mass is 226 g/mol. The van der Waals surface area contributed by atoms with Gasteiger partial charge in [0.2, 0.25) is 5.91 Å². The maximum absolute atomic E-state index is 11.6. The summed E-state index contributed by atoms with van der Waals surface area (Å²) >= 11 is 0. The van der Waals surface area contributed by atoms with Gasteiger partial charge in [0, 0.05) is 19.4 Å². The maximum Gasteiger partial charge on any atom is 0.303 e. The number of carbonyl (C=O) groups excluding carboxylic acids is 1. The first kappa shape index (κ1) is 12.5. The van der Waals surface area contributed by atoms with Crippen LogP contribution >= 0.6 is 0 Å². The number of aliphatic carboxylic acids is 1. The van der Waals surface area contributed by atoms with Crippen LogP contribution in [0.4, 0.5) is 0 Å². The normalized spacial score (nSPS) is 20.2. The molecular formula is C10H14N2O4. The van der Waals surface area contributed by atoms with Crippen molar-refractivity contribution in [1.82, 2.24) is 4.90 Å². The number of nitrogens with zero attached hydrogens (tertiary/aromatic N) is 2. The van der Waals surface area contributed by atoms with E-state index in [1.807, 2.05) is 6.07 Å². The summed E-state index contributed by atoms with van der Waals surface area (Å²) in [6.07, 6.45) is -0.0116. The van der Waals surface area contributed by atoms with E-state index in [0.29, 0.717) is 19.6 Å².